The zero-order valence-electron chi connectivity index (χ0n) is 6.53. The van der Waals surface area contributed by atoms with Gasteiger partial charge in [0.1, 0.15) is 6.10 Å². The topological polar surface area (TPSA) is 29.5 Å². The van der Waals surface area contributed by atoms with Gasteiger partial charge in [-0.25, -0.2) is 0 Å². The number of aliphatic hydroxyl groups excluding tert-OH is 1. The van der Waals surface area contributed by atoms with Crippen molar-refractivity contribution in [3.63, 3.8) is 0 Å². The van der Waals surface area contributed by atoms with Crippen LogP contribution < -0.4 is 0 Å². The molecule has 60 valence electrons. The molecular weight excluding hydrogens is 140 g/mol. The van der Waals surface area contributed by atoms with E-state index in [1.54, 1.807) is 7.11 Å². The highest BCUT2D eigenvalue weighted by molar-refractivity contribution is 5.17. The van der Waals surface area contributed by atoms with Gasteiger partial charge < -0.3 is 9.84 Å². The lowest BCUT2D eigenvalue weighted by atomic mass is 10.1. The molecule has 11 heavy (non-hydrogen) atoms. The lowest BCUT2D eigenvalue weighted by Crippen LogP contribution is -2.04. The Labute approximate surface area is 66.4 Å². The summed E-state index contributed by atoms with van der Waals surface area (Å²) in [6.45, 7) is 0.351. The molecule has 2 nitrogen and oxygen atoms in total. The van der Waals surface area contributed by atoms with Gasteiger partial charge in [-0.3, -0.25) is 0 Å². The van der Waals surface area contributed by atoms with E-state index in [9.17, 15) is 5.11 Å². The van der Waals surface area contributed by atoms with Gasteiger partial charge in [-0.2, -0.15) is 0 Å². The summed E-state index contributed by atoms with van der Waals surface area (Å²) < 4.78 is 4.81. The zero-order chi connectivity index (χ0) is 8.10. The predicted molar refractivity (Wildman–Crippen MR) is 43.3 cm³/mol. The molecule has 0 saturated heterocycles. The average molecular weight is 152 g/mol. The molecule has 0 aliphatic carbocycles. The van der Waals surface area contributed by atoms with E-state index < -0.39 is 6.10 Å². The molecule has 0 aromatic heterocycles. The largest absolute Gasteiger partial charge is 0.386 e. The van der Waals surface area contributed by atoms with Crippen LogP contribution in [0.5, 0.6) is 0 Å². The van der Waals surface area contributed by atoms with Crippen molar-refractivity contribution in [1.29, 1.82) is 0 Å². The van der Waals surface area contributed by atoms with Crippen molar-refractivity contribution in [1.82, 2.24) is 0 Å². The van der Waals surface area contributed by atoms with E-state index in [2.05, 4.69) is 0 Å². The Morgan fingerprint density at radius 3 is 2.55 bits per heavy atom. The number of methoxy groups -OCH3 is 1. The molecule has 0 radical (unpaired) electrons. The molecular formula is C9H12O2. The molecule has 0 aliphatic rings. The standard InChI is InChI=1S/C9H12O2/c1-11-7-9(10)8-5-3-2-4-6-8/h2-6,9-10H,7H2,1H3. The second kappa shape index (κ2) is 4.11. The van der Waals surface area contributed by atoms with Crippen LogP contribution in [0.1, 0.15) is 11.7 Å². The summed E-state index contributed by atoms with van der Waals surface area (Å²) in [5, 5.41) is 9.40. The minimum absolute atomic E-state index is 0.351. The fourth-order valence-electron chi connectivity index (χ4n) is 0.929. The molecule has 0 aliphatic heterocycles. The number of ether oxygens (including phenoxy) is 1. The van der Waals surface area contributed by atoms with Gasteiger partial charge in [-0.05, 0) is 5.56 Å². The third kappa shape index (κ3) is 2.33. The van der Waals surface area contributed by atoms with E-state index in [4.69, 9.17) is 4.74 Å². The molecule has 0 amide bonds. The smallest absolute Gasteiger partial charge is 0.102 e. The van der Waals surface area contributed by atoms with Gasteiger partial charge in [0, 0.05) is 7.11 Å². The van der Waals surface area contributed by atoms with E-state index in [-0.39, 0.29) is 0 Å². The molecule has 2 heteroatoms. The van der Waals surface area contributed by atoms with E-state index >= 15 is 0 Å². The third-order valence-corrected chi connectivity index (χ3v) is 1.51. The summed E-state index contributed by atoms with van der Waals surface area (Å²) in [4.78, 5) is 0. The van der Waals surface area contributed by atoms with Gasteiger partial charge >= 0.3 is 0 Å². The first-order valence-corrected chi connectivity index (χ1v) is 3.56. The normalized spacial score (nSPS) is 12.9. The van der Waals surface area contributed by atoms with Crippen LogP contribution >= 0.6 is 0 Å². The van der Waals surface area contributed by atoms with Crippen LogP contribution in [-0.2, 0) is 4.74 Å². The van der Waals surface area contributed by atoms with Crippen LogP contribution in [0, 0.1) is 0 Å². The van der Waals surface area contributed by atoms with Gasteiger partial charge in [0.15, 0.2) is 0 Å². The van der Waals surface area contributed by atoms with Crippen molar-refractivity contribution >= 4 is 0 Å². The van der Waals surface area contributed by atoms with Crippen LogP contribution in [-0.4, -0.2) is 18.8 Å². The second-order valence-corrected chi connectivity index (χ2v) is 2.38. The molecule has 0 fully saturated rings. The summed E-state index contributed by atoms with van der Waals surface area (Å²) in [7, 11) is 1.58. The van der Waals surface area contributed by atoms with E-state index in [1.165, 1.54) is 0 Å². The van der Waals surface area contributed by atoms with Crippen LogP contribution in [0.3, 0.4) is 0 Å². The van der Waals surface area contributed by atoms with Gasteiger partial charge in [-0.1, -0.05) is 30.3 Å². The minimum atomic E-state index is -0.499. The number of aliphatic hydroxyl groups is 1. The summed E-state index contributed by atoms with van der Waals surface area (Å²) in [5.41, 5.74) is 0.898. The van der Waals surface area contributed by atoms with Crippen molar-refractivity contribution in [2.45, 2.75) is 6.10 Å². The summed E-state index contributed by atoms with van der Waals surface area (Å²) in [5.74, 6) is 0. The molecule has 1 atom stereocenters. The Bertz CT molecular complexity index is 196. The van der Waals surface area contributed by atoms with Crippen LogP contribution in [0.15, 0.2) is 30.3 Å². The van der Waals surface area contributed by atoms with E-state index in [0.717, 1.165) is 5.56 Å². The Morgan fingerprint density at radius 2 is 2.00 bits per heavy atom. The molecule has 1 N–H and O–H groups in total. The maximum Gasteiger partial charge on any atom is 0.102 e. The lowest BCUT2D eigenvalue weighted by Gasteiger charge is -2.08. The number of benzene rings is 1. The highest BCUT2D eigenvalue weighted by Gasteiger charge is 2.03. The van der Waals surface area contributed by atoms with Gasteiger partial charge in [-0.15, -0.1) is 0 Å². The molecule has 1 rings (SSSR count). The maximum absolute atomic E-state index is 9.40. The van der Waals surface area contributed by atoms with Crippen LogP contribution in [0.25, 0.3) is 0 Å². The van der Waals surface area contributed by atoms with Crippen molar-refractivity contribution in [3.05, 3.63) is 35.9 Å². The monoisotopic (exact) mass is 152 g/mol. The van der Waals surface area contributed by atoms with Crippen molar-refractivity contribution < 1.29 is 9.84 Å². The molecule has 1 aromatic carbocycles. The number of hydrogen-bond acceptors (Lipinski definition) is 2. The first-order chi connectivity index (χ1) is 5.34. The lowest BCUT2D eigenvalue weighted by molar-refractivity contribution is 0.0644. The Balaban J connectivity index is 2.61. The van der Waals surface area contributed by atoms with Crippen LogP contribution in [0.2, 0.25) is 0 Å². The molecule has 1 unspecified atom stereocenters. The molecule has 0 saturated carbocycles. The van der Waals surface area contributed by atoms with Crippen molar-refractivity contribution in [3.8, 4) is 0 Å². The Kier molecular flexibility index (Phi) is 3.08. The molecule has 0 spiro atoms. The highest BCUT2D eigenvalue weighted by atomic mass is 16.5. The molecule has 0 bridgehead atoms. The fraction of sp³-hybridized carbons (Fsp3) is 0.333. The van der Waals surface area contributed by atoms with Crippen molar-refractivity contribution in [2.24, 2.45) is 0 Å². The fourth-order valence-corrected chi connectivity index (χ4v) is 0.929. The summed E-state index contributed by atoms with van der Waals surface area (Å²) >= 11 is 0. The van der Waals surface area contributed by atoms with Gasteiger partial charge in [0.2, 0.25) is 0 Å². The Hall–Kier alpha value is -0.860. The predicted octanol–water partition coefficient (Wildman–Crippen LogP) is 1.37. The quantitative estimate of drug-likeness (QED) is 0.708. The second-order valence-electron chi connectivity index (χ2n) is 2.38. The average Bonchev–Trinajstić information content (AvgIpc) is 2.07. The van der Waals surface area contributed by atoms with Crippen LogP contribution in [0.4, 0.5) is 0 Å². The zero-order valence-corrected chi connectivity index (χ0v) is 6.53. The first kappa shape index (κ1) is 8.24. The van der Waals surface area contributed by atoms with Gasteiger partial charge in [0.25, 0.3) is 0 Å². The van der Waals surface area contributed by atoms with Crippen molar-refractivity contribution in [2.75, 3.05) is 13.7 Å². The summed E-state index contributed by atoms with van der Waals surface area (Å²) in [6, 6.07) is 9.47. The highest BCUT2D eigenvalue weighted by Crippen LogP contribution is 2.11. The summed E-state index contributed by atoms with van der Waals surface area (Å²) in [6.07, 6.45) is -0.499. The SMILES string of the molecule is COCC(O)c1ccccc1. The Morgan fingerprint density at radius 1 is 1.36 bits per heavy atom. The van der Waals surface area contributed by atoms with E-state index in [0.29, 0.717) is 6.61 Å². The first-order valence-electron chi connectivity index (χ1n) is 3.56. The molecule has 0 heterocycles. The molecule has 1 aromatic rings. The number of rotatable bonds is 3. The minimum Gasteiger partial charge on any atom is -0.386 e. The van der Waals surface area contributed by atoms with Gasteiger partial charge in [0.05, 0.1) is 6.61 Å². The number of hydrogen-bond donors (Lipinski definition) is 1. The third-order valence-electron chi connectivity index (χ3n) is 1.51. The maximum atomic E-state index is 9.40. The van der Waals surface area contributed by atoms with E-state index in [1.807, 2.05) is 30.3 Å².